The van der Waals surface area contributed by atoms with E-state index in [0.717, 1.165) is 21.5 Å². The second-order valence-electron chi connectivity index (χ2n) is 4.54. The van der Waals surface area contributed by atoms with E-state index in [1.165, 1.54) is 0 Å². The summed E-state index contributed by atoms with van der Waals surface area (Å²) in [5.74, 6) is 0.803. The standard InChI is InChI=1S/C15H17BrN2O2/c1-4-18-14(7-10(2)17-18)15(19)9-11-8-12(20-3)5-6-13(11)16/h5-8H,4,9H2,1-3H3. The normalized spacial score (nSPS) is 10.6. The number of aromatic nitrogens is 2. The molecule has 20 heavy (non-hydrogen) atoms. The van der Waals surface area contributed by atoms with Crippen molar-refractivity contribution >= 4 is 21.7 Å². The molecular formula is C15H17BrN2O2. The van der Waals surface area contributed by atoms with Crippen molar-refractivity contribution in [2.75, 3.05) is 7.11 Å². The van der Waals surface area contributed by atoms with Gasteiger partial charge in [-0.05, 0) is 43.7 Å². The van der Waals surface area contributed by atoms with E-state index in [0.29, 0.717) is 18.7 Å². The maximum Gasteiger partial charge on any atom is 0.185 e. The topological polar surface area (TPSA) is 44.1 Å². The number of ether oxygens (including phenoxy) is 1. The van der Waals surface area contributed by atoms with Gasteiger partial charge in [0.25, 0.3) is 0 Å². The summed E-state index contributed by atoms with van der Waals surface area (Å²) in [6, 6.07) is 7.46. The average molecular weight is 337 g/mol. The highest BCUT2D eigenvalue weighted by Gasteiger charge is 2.15. The van der Waals surface area contributed by atoms with E-state index < -0.39 is 0 Å². The number of carbonyl (C=O) groups excluding carboxylic acids is 1. The summed E-state index contributed by atoms with van der Waals surface area (Å²) in [6.45, 7) is 4.56. The summed E-state index contributed by atoms with van der Waals surface area (Å²) in [5, 5.41) is 4.31. The molecule has 0 aliphatic heterocycles. The van der Waals surface area contributed by atoms with Gasteiger partial charge in [0.2, 0.25) is 0 Å². The molecule has 1 aromatic carbocycles. The fraction of sp³-hybridized carbons (Fsp3) is 0.333. The number of rotatable bonds is 5. The Kier molecular flexibility index (Phi) is 4.60. The van der Waals surface area contributed by atoms with Crippen molar-refractivity contribution < 1.29 is 9.53 Å². The molecule has 0 N–H and O–H groups in total. The first-order chi connectivity index (χ1) is 9.55. The third kappa shape index (κ3) is 3.10. The van der Waals surface area contributed by atoms with E-state index in [2.05, 4.69) is 21.0 Å². The minimum absolute atomic E-state index is 0.0569. The third-order valence-corrected chi connectivity index (χ3v) is 3.86. The number of aryl methyl sites for hydroxylation is 2. The number of hydrogen-bond donors (Lipinski definition) is 0. The van der Waals surface area contributed by atoms with Crippen LogP contribution in [0.1, 0.15) is 28.7 Å². The monoisotopic (exact) mass is 336 g/mol. The number of Topliss-reactive ketones (excluding diaryl/α,β-unsaturated/α-hetero) is 1. The second kappa shape index (κ2) is 6.22. The van der Waals surface area contributed by atoms with Crippen LogP contribution in [0.15, 0.2) is 28.7 Å². The maximum atomic E-state index is 12.4. The van der Waals surface area contributed by atoms with E-state index in [4.69, 9.17) is 4.74 Å². The van der Waals surface area contributed by atoms with Crippen LogP contribution in [0.25, 0.3) is 0 Å². The number of carbonyl (C=O) groups is 1. The molecule has 0 unspecified atom stereocenters. The van der Waals surface area contributed by atoms with Crippen LogP contribution in [0.5, 0.6) is 5.75 Å². The predicted molar refractivity (Wildman–Crippen MR) is 81.4 cm³/mol. The first kappa shape index (κ1) is 14.8. The van der Waals surface area contributed by atoms with Crippen LogP contribution >= 0.6 is 15.9 Å². The van der Waals surface area contributed by atoms with Crippen molar-refractivity contribution in [3.8, 4) is 5.75 Å². The number of halogens is 1. The fourth-order valence-corrected chi connectivity index (χ4v) is 2.47. The Morgan fingerprint density at radius 1 is 1.40 bits per heavy atom. The molecule has 4 nitrogen and oxygen atoms in total. The highest BCUT2D eigenvalue weighted by Crippen LogP contribution is 2.24. The maximum absolute atomic E-state index is 12.4. The van der Waals surface area contributed by atoms with Crippen molar-refractivity contribution in [1.82, 2.24) is 9.78 Å². The molecule has 1 aromatic heterocycles. The van der Waals surface area contributed by atoms with Gasteiger partial charge < -0.3 is 4.74 Å². The molecule has 0 saturated carbocycles. The van der Waals surface area contributed by atoms with E-state index in [1.54, 1.807) is 11.8 Å². The lowest BCUT2D eigenvalue weighted by Crippen LogP contribution is -2.12. The van der Waals surface area contributed by atoms with Crippen molar-refractivity contribution in [3.63, 3.8) is 0 Å². The summed E-state index contributed by atoms with van der Waals surface area (Å²) in [6.07, 6.45) is 0.322. The van der Waals surface area contributed by atoms with Crippen LogP contribution in [0.4, 0.5) is 0 Å². The van der Waals surface area contributed by atoms with Crippen LogP contribution < -0.4 is 4.74 Å². The van der Waals surface area contributed by atoms with Gasteiger partial charge in [-0.1, -0.05) is 15.9 Å². The van der Waals surface area contributed by atoms with E-state index in [9.17, 15) is 4.79 Å². The summed E-state index contributed by atoms with van der Waals surface area (Å²) in [4.78, 5) is 12.4. The molecule has 0 spiro atoms. The number of nitrogens with zero attached hydrogens (tertiary/aromatic N) is 2. The van der Waals surface area contributed by atoms with Gasteiger partial charge in [-0.25, -0.2) is 0 Å². The molecule has 2 aromatic rings. The first-order valence-electron chi connectivity index (χ1n) is 6.45. The van der Waals surface area contributed by atoms with Crippen LogP contribution in [0.3, 0.4) is 0 Å². The lowest BCUT2D eigenvalue weighted by Gasteiger charge is -2.08. The molecule has 0 atom stereocenters. The minimum atomic E-state index is 0.0569. The van der Waals surface area contributed by atoms with Crippen LogP contribution in [-0.2, 0) is 13.0 Å². The second-order valence-corrected chi connectivity index (χ2v) is 5.40. The Morgan fingerprint density at radius 2 is 2.15 bits per heavy atom. The molecule has 0 radical (unpaired) electrons. The van der Waals surface area contributed by atoms with Gasteiger partial charge in [0.1, 0.15) is 11.4 Å². The molecule has 106 valence electrons. The Labute approximate surface area is 126 Å². The van der Waals surface area contributed by atoms with Gasteiger partial charge in [0.15, 0.2) is 5.78 Å². The predicted octanol–water partition coefficient (Wildman–Crippen LogP) is 3.41. The molecule has 0 fully saturated rings. The van der Waals surface area contributed by atoms with Crippen molar-refractivity contribution in [1.29, 1.82) is 0 Å². The molecule has 0 saturated heterocycles. The Bertz CT molecular complexity index is 635. The van der Waals surface area contributed by atoms with Crippen LogP contribution in [-0.4, -0.2) is 22.7 Å². The van der Waals surface area contributed by atoms with Gasteiger partial charge in [-0.3, -0.25) is 9.48 Å². The van der Waals surface area contributed by atoms with E-state index in [1.807, 2.05) is 38.1 Å². The molecule has 0 aliphatic carbocycles. The molecule has 0 aliphatic rings. The largest absolute Gasteiger partial charge is 0.497 e. The lowest BCUT2D eigenvalue weighted by atomic mass is 10.1. The molecule has 0 amide bonds. The van der Waals surface area contributed by atoms with Crippen molar-refractivity contribution in [3.05, 3.63) is 45.7 Å². The SMILES string of the molecule is CCn1nc(C)cc1C(=O)Cc1cc(OC)ccc1Br. The zero-order chi connectivity index (χ0) is 14.7. The first-order valence-corrected chi connectivity index (χ1v) is 7.24. The lowest BCUT2D eigenvalue weighted by molar-refractivity contribution is 0.0982. The van der Waals surface area contributed by atoms with Gasteiger partial charge in [-0.15, -0.1) is 0 Å². The number of hydrogen-bond acceptors (Lipinski definition) is 3. The van der Waals surface area contributed by atoms with E-state index in [-0.39, 0.29) is 5.78 Å². The summed E-state index contributed by atoms with van der Waals surface area (Å²) < 4.78 is 7.85. The number of ketones is 1. The van der Waals surface area contributed by atoms with E-state index >= 15 is 0 Å². The number of benzene rings is 1. The fourth-order valence-electron chi connectivity index (χ4n) is 2.09. The third-order valence-electron chi connectivity index (χ3n) is 3.09. The summed E-state index contributed by atoms with van der Waals surface area (Å²) in [5.41, 5.74) is 2.43. The highest BCUT2D eigenvalue weighted by molar-refractivity contribution is 9.10. The molecule has 5 heteroatoms. The summed E-state index contributed by atoms with van der Waals surface area (Å²) >= 11 is 3.47. The summed E-state index contributed by atoms with van der Waals surface area (Å²) in [7, 11) is 1.62. The molecule has 0 bridgehead atoms. The molecule has 1 heterocycles. The Hall–Kier alpha value is -1.62. The quantitative estimate of drug-likeness (QED) is 0.786. The average Bonchev–Trinajstić information content (AvgIpc) is 2.82. The number of methoxy groups -OCH3 is 1. The van der Waals surface area contributed by atoms with Gasteiger partial charge in [0, 0.05) is 17.4 Å². The van der Waals surface area contributed by atoms with Crippen molar-refractivity contribution in [2.45, 2.75) is 26.8 Å². The zero-order valence-electron chi connectivity index (χ0n) is 11.8. The van der Waals surface area contributed by atoms with Gasteiger partial charge in [-0.2, -0.15) is 5.10 Å². The highest BCUT2D eigenvalue weighted by atomic mass is 79.9. The Morgan fingerprint density at radius 3 is 2.80 bits per heavy atom. The van der Waals surface area contributed by atoms with Gasteiger partial charge in [0.05, 0.1) is 12.8 Å². The Balaban J connectivity index is 2.27. The van der Waals surface area contributed by atoms with Crippen LogP contribution in [0.2, 0.25) is 0 Å². The van der Waals surface area contributed by atoms with Gasteiger partial charge >= 0.3 is 0 Å². The molecule has 2 rings (SSSR count). The van der Waals surface area contributed by atoms with Crippen molar-refractivity contribution in [2.24, 2.45) is 0 Å². The molecular weight excluding hydrogens is 320 g/mol. The minimum Gasteiger partial charge on any atom is -0.497 e. The smallest absolute Gasteiger partial charge is 0.185 e. The van der Waals surface area contributed by atoms with Crippen LogP contribution in [0, 0.1) is 6.92 Å². The zero-order valence-corrected chi connectivity index (χ0v) is 13.4.